The Hall–Kier alpha value is -0.570. The lowest BCUT2D eigenvalue weighted by molar-refractivity contribution is -0.137. The lowest BCUT2D eigenvalue weighted by atomic mass is 9.99. The molecule has 3 nitrogen and oxygen atoms in total. The van der Waals surface area contributed by atoms with Crippen LogP contribution in [-0.2, 0) is 9.63 Å². The van der Waals surface area contributed by atoms with E-state index in [4.69, 9.17) is 0 Å². The molecule has 1 saturated carbocycles. The van der Waals surface area contributed by atoms with E-state index in [9.17, 15) is 4.79 Å². The second-order valence-corrected chi connectivity index (χ2v) is 4.58. The van der Waals surface area contributed by atoms with E-state index >= 15 is 0 Å². The fourth-order valence-corrected chi connectivity index (χ4v) is 1.85. The molecule has 0 spiro atoms. The third-order valence-corrected chi connectivity index (χ3v) is 2.88. The van der Waals surface area contributed by atoms with Crippen LogP contribution in [0.1, 0.15) is 33.6 Å². The highest BCUT2D eigenvalue weighted by Gasteiger charge is 2.55. The third-order valence-electron chi connectivity index (χ3n) is 2.88. The summed E-state index contributed by atoms with van der Waals surface area (Å²) in [6.07, 6.45) is 2.13. The number of nitrogens with one attached hydrogen (secondary N) is 1. The van der Waals surface area contributed by atoms with Gasteiger partial charge in [0.2, 0.25) is 5.91 Å². The van der Waals surface area contributed by atoms with Crippen molar-refractivity contribution in [3.05, 3.63) is 0 Å². The molecule has 0 aliphatic heterocycles. The standard InChI is InChI=1S/C10H19NO2/c1-7(2)5-8-6-10(8,3)9(12)11-13-4/h7-8H,5-6H2,1-4H3,(H,11,12). The molecular formula is C10H19NO2. The molecule has 1 aliphatic rings. The molecule has 76 valence electrons. The Morgan fingerprint density at radius 3 is 2.77 bits per heavy atom. The quantitative estimate of drug-likeness (QED) is 0.677. The minimum absolute atomic E-state index is 0.0284. The second kappa shape index (κ2) is 3.66. The molecule has 1 fully saturated rings. The fourth-order valence-electron chi connectivity index (χ4n) is 1.85. The highest BCUT2D eigenvalue weighted by atomic mass is 16.6. The van der Waals surface area contributed by atoms with Gasteiger partial charge in [0.05, 0.1) is 12.5 Å². The summed E-state index contributed by atoms with van der Waals surface area (Å²) in [5, 5.41) is 0. The first kappa shape index (κ1) is 10.5. The van der Waals surface area contributed by atoms with E-state index in [1.165, 1.54) is 7.11 Å². The molecule has 0 aromatic carbocycles. The van der Waals surface area contributed by atoms with Crippen LogP contribution in [0, 0.1) is 17.3 Å². The molecule has 1 amide bonds. The van der Waals surface area contributed by atoms with Crippen molar-refractivity contribution in [2.75, 3.05) is 7.11 Å². The zero-order chi connectivity index (χ0) is 10.1. The monoisotopic (exact) mass is 185 g/mol. The van der Waals surface area contributed by atoms with E-state index in [2.05, 4.69) is 24.2 Å². The summed E-state index contributed by atoms with van der Waals surface area (Å²) in [5.41, 5.74) is 2.25. The molecule has 0 aromatic rings. The molecule has 1 N–H and O–H groups in total. The largest absolute Gasteiger partial charge is 0.277 e. The molecule has 2 unspecified atom stereocenters. The highest BCUT2D eigenvalue weighted by Crippen LogP contribution is 2.55. The van der Waals surface area contributed by atoms with Crippen molar-refractivity contribution < 1.29 is 9.63 Å². The van der Waals surface area contributed by atoms with Gasteiger partial charge in [0.25, 0.3) is 0 Å². The summed E-state index contributed by atoms with van der Waals surface area (Å²) in [7, 11) is 1.47. The van der Waals surface area contributed by atoms with Crippen LogP contribution in [0.5, 0.6) is 0 Å². The van der Waals surface area contributed by atoms with Gasteiger partial charge >= 0.3 is 0 Å². The van der Waals surface area contributed by atoms with E-state index in [-0.39, 0.29) is 11.3 Å². The molecule has 1 rings (SSSR count). The van der Waals surface area contributed by atoms with Crippen LogP contribution in [-0.4, -0.2) is 13.0 Å². The van der Waals surface area contributed by atoms with Crippen LogP contribution < -0.4 is 5.48 Å². The van der Waals surface area contributed by atoms with Crippen molar-refractivity contribution in [3.63, 3.8) is 0 Å². The van der Waals surface area contributed by atoms with Gasteiger partial charge in [0.1, 0.15) is 0 Å². The van der Waals surface area contributed by atoms with E-state index in [1.807, 2.05) is 6.92 Å². The Balaban J connectivity index is 2.40. The van der Waals surface area contributed by atoms with Gasteiger partial charge in [-0.15, -0.1) is 0 Å². The average Bonchev–Trinajstić information content (AvgIpc) is 2.62. The maximum absolute atomic E-state index is 11.5. The van der Waals surface area contributed by atoms with Crippen LogP contribution in [0.3, 0.4) is 0 Å². The predicted molar refractivity (Wildman–Crippen MR) is 50.8 cm³/mol. The van der Waals surface area contributed by atoms with Gasteiger partial charge in [-0.2, -0.15) is 0 Å². The Morgan fingerprint density at radius 2 is 2.31 bits per heavy atom. The van der Waals surface area contributed by atoms with Crippen molar-refractivity contribution in [1.29, 1.82) is 0 Å². The molecular weight excluding hydrogens is 166 g/mol. The van der Waals surface area contributed by atoms with Crippen molar-refractivity contribution in [2.45, 2.75) is 33.6 Å². The lowest BCUT2D eigenvalue weighted by Crippen LogP contribution is -2.30. The maximum atomic E-state index is 11.5. The normalized spacial score (nSPS) is 31.9. The number of carbonyl (C=O) groups is 1. The van der Waals surface area contributed by atoms with Crippen molar-refractivity contribution >= 4 is 5.91 Å². The minimum atomic E-state index is -0.166. The van der Waals surface area contributed by atoms with E-state index in [1.54, 1.807) is 0 Å². The minimum Gasteiger partial charge on any atom is -0.277 e. The van der Waals surface area contributed by atoms with E-state index in [0.717, 1.165) is 12.8 Å². The molecule has 0 saturated heterocycles. The smallest absolute Gasteiger partial charge is 0.249 e. The van der Waals surface area contributed by atoms with Gasteiger partial charge in [-0.3, -0.25) is 9.63 Å². The molecule has 2 atom stereocenters. The van der Waals surface area contributed by atoms with E-state index in [0.29, 0.717) is 11.8 Å². The SMILES string of the molecule is CONC(=O)C1(C)CC1CC(C)C. The molecule has 13 heavy (non-hydrogen) atoms. The summed E-state index contributed by atoms with van der Waals surface area (Å²) in [4.78, 5) is 16.1. The van der Waals surface area contributed by atoms with Crippen LogP contribution in [0.25, 0.3) is 0 Å². The second-order valence-electron chi connectivity index (χ2n) is 4.58. The fraction of sp³-hybridized carbons (Fsp3) is 0.900. The average molecular weight is 185 g/mol. The molecule has 1 aliphatic carbocycles. The maximum Gasteiger partial charge on any atom is 0.249 e. The van der Waals surface area contributed by atoms with E-state index < -0.39 is 0 Å². The molecule has 0 bridgehead atoms. The van der Waals surface area contributed by atoms with Crippen LogP contribution in [0.2, 0.25) is 0 Å². The number of carbonyl (C=O) groups excluding carboxylic acids is 1. The topological polar surface area (TPSA) is 38.3 Å². The number of amides is 1. The zero-order valence-electron chi connectivity index (χ0n) is 8.89. The molecule has 3 heteroatoms. The Morgan fingerprint density at radius 1 is 1.69 bits per heavy atom. The van der Waals surface area contributed by atoms with Gasteiger partial charge < -0.3 is 0 Å². The van der Waals surface area contributed by atoms with Crippen LogP contribution in [0.15, 0.2) is 0 Å². The van der Waals surface area contributed by atoms with Crippen molar-refractivity contribution in [3.8, 4) is 0 Å². The lowest BCUT2D eigenvalue weighted by Gasteiger charge is -2.11. The van der Waals surface area contributed by atoms with Crippen LogP contribution >= 0.6 is 0 Å². The molecule has 0 heterocycles. The predicted octanol–water partition coefficient (Wildman–Crippen LogP) is 1.74. The summed E-state index contributed by atoms with van der Waals surface area (Å²) in [5.74, 6) is 1.24. The number of rotatable bonds is 4. The first-order chi connectivity index (χ1) is 6.00. The number of hydrogen-bond donors (Lipinski definition) is 1. The first-order valence-corrected chi connectivity index (χ1v) is 4.84. The highest BCUT2D eigenvalue weighted by molar-refractivity contribution is 5.84. The molecule has 0 aromatic heterocycles. The van der Waals surface area contributed by atoms with Crippen molar-refractivity contribution in [1.82, 2.24) is 5.48 Å². The summed E-state index contributed by atoms with van der Waals surface area (Å²) in [6.45, 7) is 6.38. The zero-order valence-corrected chi connectivity index (χ0v) is 8.89. The number of hydrogen-bond acceptors (Lipinski definition) is 2. The van der Waals surface area contributed by atoms with Gasteiger partial charge in [-0.1, -0.05) is 20.8 Å². The summed E-state index contributed by atoms with van der Waals surface area (Å²) < 4.78 is 0. The summed E-state index contributed by atoms with van der Waals surface area (Å²) >= 11 is 0. The summed E-state index contributed by atoms with van der Waals surface area (Å²) in [6, 6.07) is 0. The first-order valence-electron chi connectivity index (χ1n) is 4.84. The van der Waals surface area contributed by atoms with Crippen LogP contribution in [0.4, 0.5) is 0 Å². The van der Waals surface area contributed by atoms with Gasteiger partial charge in [-0.05, 0) is 24.7 Å². The molecule has 0 radical (unpaired) electrons. The van der Waals surface area contributed by atoms with Crippen molar-refractivity contribution in [2.24, 2.45) is 17.3 Å². The Bertz CT molecular complexity index is 203. The Kier molecular flexibility index (Phi) is 2.96. The van der Waals surface area contributed by atoms with Gasteiger partial charge in [-0.25, -0.2) is 5.48 Å². The van der Waals surface area contributed by atoms with Gasteiger partial charge in [0.15, 0.2) is 0 Å². The number of hydroxylamine groups is 1. The van der Waals surface area contributed by atoms with Gasteiger partial charge in [0, 0.05) is 0 Å². The Labute approximate surface area is 79.8 Å². The third kappa shape index (κ3) is 2.21.